The molecule has 0 spiro atoms. The van der Waals surface area contributed by atoms with Crippen LogP contribution in [-0.2, 0) is 9.47 Å². The van der Waals surface area contributed by atoms with Gasteiger partial charge >= 0.3 is 0 Å². The number of rotatable bonds is 9. The Hall–Kier alpha value is -1.79. The lowest BCUT2D eigenvalue weighted by atomic mass is 10.1. The summed E-state index contributed by atoms with van der Waals surface area (Å²) in [5.41, 5.74) is 1.25. The fourth-order valence-corrected chi connectivity index (χ4v) is 2.11. The number of methoxy groups -OCH3 is 2. The maximum Gasteiger partial charge on any atom is 0.257 e. The van der Waals surface area contributed by atoms with Crippen molar-refractivity contribution < 1.29 is 23.7 Å². The molecule has 0 aromatic heterocycles. The van der Waals surface area contributed by atoms with Crippen LogP contribution in [0.25, 0.3) is 0 Å². The van der Waals surface area contributed by atoms with E-state index in [1.807, 2.05) is 20.8 Å². The first-order valence-corrected chi connectivity index (χ1v) is 7.26. The quantitative estimate of drug-likeness (QED) is 0.656. The van der Waals surface area contributed by atoms with Gasteiger partial charge in [-0.25, -0.2) is 0 Å². The van der Waals surface area contributed by atoms with Gasteiger partial charge < -0.3 is 23.8 Å². The van der Waals surface area contributed by atoms with Crippen molar-refractivity contribution >= 4 is 5.91 Å². The minimum absolute atomic E-state index is 0.0626. The number of hydrogen-bond donors (Lipinski definition) is 0. The zero-order valence-corrected chi connectivity index (χ0v) is 14.0. The average Bonchev–Trinajstić information content (AvgIpc) is 2.53. The Morgan fingerprint density at radius 3 is 2.18 bits per heavy atom. The monoisotopic (exact) mass is 311 g/mol. The van der Waals surface area contributed by atoms with E-state index in [4.69, 9.17) is 18.9 Å². The van der Waals surface area contributed by atoms with Gasteiger partial charge in [0.1, 0.15) is 11.5 Å². The molecule has 1 amide bonds. The summed E-state index contributed by atoms with van der Waals surface area (Å²) in [7, 11) is 3.09. The van der Waals surface area contributed by atoms with Crippen LogP contribution >= 0.6 is 0 Å². The zero-order valence-electron chi connectivity index (χ0n) is 14.0. The first kappa shape index (κ1) is 18.3. The highest BCUT2D eigenvalue weighted by Gasteiger charge is 2.21. The average molecular weight is 311 g/mol. The predicted molar refractivity (Wildman–Crippen MR) is 83.4 cm³/mol. The zero-order chi connectivity index (χ0) is 16.5. The summed E-state index contributed by atoms with van der Waals surface area (Å²) in [5, 5.41) is 0. The van der Waals surface area contributed by atoms with E-state index in [2.05, 4.69) is 0 Å². The summed E-state index contributed by atoms with van der Waals surface area (Å²) in [5.74, 6) is 1.02. The third-order valence-electron chi connectivity index (χ3n) is 3.29. The van der Waals surface area contributed by atoms with E-state index in [1.54, 1.807) is 24.1 Å². The van der Waals surface area contributed by atoms with Crippen molar-refractivity contribution in [3.8, 4) is 11.5 Å². The topological polar surface area (TPSA) is 57.2 Å². The van der Waals surface area contributed by atoms with Crippen LogP contribution in [0.2, 0.25) is 0 Å². The first-order valence-electron chi connectivity index (χ1n) is 7.26. The first-order chi connectivity index (χ1) is 10.6. The van der Waals surface area contributed by atoms with Crippen molar-refractivity contribution in [1.82, 2.24) is 4.90 Å². The molecule has 0 fully saturated rings. The summed E-state index contributed by atoms with van der Waals surface area (Å²) >= 11 is 0. The number of benzene rings is 1. The second-order valence-corrected chi connectivity index (χ2v) is 4.64. The molecule has 6 nitrogen and oxygen atoms in total. The van der Waals surface area contributed by atoms with Crippen molar-refractivity contribution in [3.05, 3.63) is 23.3 Å². The molecule has 0 unspecified atom stereocenters. The molecule has 0 aliphatic rings. The number of carbonyl (C=O) groups is 1. The van der Waals surface area contributed by atoms with Crippen molar-refractivity contribution in [1.29, 1.82) is 0 Å². The van der Waals surface area contributed by atoms with Gasteiger partial charge in [0.2, 0.25) is 0 Å². The minimum Gasteiger partial charge on any atom is -0.467 e. The number of hydrogen-bond acceptors (Lipinski definition) is 5. The van der Waals surface area contributed by atoms with Crippen LogP contribution in [0.1, 0.15) is 29.8 Å². The van der Waals surface area contributed by atoms with Crippen molar-refractivity contribution in [2.45, 2.75) is 20.8 Å². The Bertz CT molecular complexity index is 486. The lowest BCUT2D eigenvalue weighted by Crippen LogP contribution is -2.31. The van der Waals surface area contributed by atoms with E-state index in [-0.39, 0.29) is 19.5 Å². The molecule has 0 aliphatic heterocycles. The molecule has 1 rings (SSSR count). The summed E-state index contributed by atoms with van der Waals surface area (Å²) in [4.78, 5) is 14.3. The van der Waals surface area contributed by atoms with Gasteiger partial charge in [-0.2, -0.15) is 0 Å². The van der Waals surface area contributed by atoms with Crippen LogP contribution < -0.4 is 9.47 Å². The largest absolute Gasteiger partial charge is 0.467 e. The van der Waals surface area contributed by atoms with E-state index in [9.17, 15) is 4.79 Å². The lowest BCUT2D eigenvalue weighted by Gasteiger charge is -2.22. The Balaban J connectivity index is 3.19. The highest BCUT2D eigenvalue weighted by molar-refractivity contribution is 5.97. The second-order valence-electron chi connectivity index (χ2n) is 4.64. The van der Waals surface area contributed by atoms with E-state index in [0.29, 0.717) is 30.2 Å². The van der Waals surface area contributed by atoms with Crippen LogP contribution in [0.4, 0.5) is 0 Å². The van der Waals surface area contributed by atoms with Gasteiger partial charge in [-0.1, -0.05) is 0 Å². The summed E-state index contributed by atoms with van der Waals surface area (Å²) in [6.07, 6.45) is 0. The van der Waals surface area contributed by atoms with Crippen LogP contribution in [0, 0.1) is 6.92 Å². The number of ether oxygens (including phenoxy) is 4. The van der Waals surface area contributed by atoms with Gasteiger partial charge in [0.25, 0.3) is 5.91 Å². The highest BCUT2D eigenvalue weighted by Crippen LogP contribution is 2.32. The standard InChI is InChI=1S/C16H25NO5/c1-6-17(7-2)16(18)13-8-9-14(21-10-19-4)12(3)15(13)22-11-20-5/h8-9H,6-7,10-11H2,1-5H3. The van der Waals surface area contributed by atoms with Gasteiger partial charge in [-0.15, -0.1) is 0 Å². The number of nitrogens with zero attached hydrogens (tertiary/aromatic N) is 1. The minimum atomic E-state index is -0.0718. The Morgan fingerprint density at radius 2 is 1.64 bits per heavy atom. The fraction of sp³-hybridized carbons (Fsp3) is 0.562. The number of carbonyl (C=O) groups excluding carboxylic acids is 1. The third-order valence-corrected chi connectivity index (χ3v) is 3.29. The fourth-order valence-electron chi connectivity index (χ4n) is 2.11. The van der Waals surface area contributed by atoms with Gasteiger partial charge in [0.15, 0.2) is 13.6 Å². The van der Waals surface area contributed by atoms with Gasteiger partial charge in [-0.3, -0.25) is 4.79 Å². The molecule has 0 saturated carbocycles. The molecule has 6 heteroatoms. The second kappa shape index (κ2) is 9.27. The SMILES string of the molecule is CCN(CC)C(=O)c1ccc(OCOC)c(C)c1OCOC. The molecule has 1 aromatic carbocycles. The van der Waals surface area contributed by atoms with Crippen LogP contribution in [0.5, 0.6) is 11.5 Å². The van der Waals surface area contributed by atoms with E-state index >= 15 is 0 Å². The summed E-state index contributed by atoms with van der Waals surface area (Å²) in [6.45, 7) is 7.20. The summed E-state index contributed by atoms with van der Waals surface area (Å²) < 4.78 is 21.0. The van der Waals surface area contributed by atoms with Crippen LogP contribution in [0.3, 0.4) is 0 Å². The Morgan fingerprint density at radius 1 is 1.05 bits per heavy atom. The van der Waals surface area contributed by atoms with Gasteiger partial charge in [-0.05, 0) is 32.9 Å². The molecule has 0 saturated heterocycles. The van der Waals surface area contributed by atoms with Gasteiger partial charge in [0.05, 0.1) is 5.56 Å². The maximum atomic E-state index is 12.6. The van der Waals surface area contributed by atoms with Crippen LogP contribution in [0.15, 0.2) is 12.1 Å². The lowest BCUT2D eigenvalue weighted by molar-refractivity contribution is 0.0440. The third kappa shape index (κ3) is 4.35. The maximum absolute atomic E-state index is 12.6. The smallest absolute Gasteiger partial charge is 0.257 e. The molecule has 22 heavy (non-hydrogen) atoms. The van der Waals surface area contributed by atoms with E-state index in [0.717, 1.165) is 5.56 Å². The number of amides is 1. The summed E-state index contributed by atoms with van der Waals surface area (Å²) in [6, 6.07) is 3.47. The van der Waals surface area contributed by atoms with Crippen molar-refractivity contribution in [3.63, 3.8) is 0 Å². The predicted octanol–water partition coefficient (Wildman–Crippen LogP) is 2.44. The van der Waals surface area contributed by atoms with Crippen molar-refractivity contribution in [2.75, 3.05) is 40.9 Å². The van der Waals surface area contributed by atoms with E-state index < -0.39 is 0 Å². The Labute approximate surface area is 131 Å². The molecule has 0 atom stereocenters. The molecule has 124 valence electrons. The Kier molecular flexibility index (Phi) is 7.70. The molecule has 0 bridgehead atoms. The molecule has 1 aromatic rings. The van der Waals surface area contributed by atoms with Crippen LogP contribution in [-0.4, -0.2) is 51.7 Å². The molecular weight excluding hydrogens is 286 g/mol. The highest BCUT2D eigenvalue weighted by atomic mass is 16.7. The van der Waals surface area contributed by atoms with Gasteiger partial charge in [0, 0.05) is 32.9 Å². The molecule has 0 heterocycles. The van der Waals surface area contributed by atoms with E-state index in [1.165, 1.54) is 7.11 Å². The molecule has 0 radical (unpaired) electrons. The normalized spacial score (nSPS) is 10.4. The molecule has 0 N–H and O–H groups in total. The molecular formula is C16H25NO5. The molecule has 0 aliphatic carbocycles. The van der Waals surface area contributed by atoms with Crippen molar-refractivity contribution in [2.24, 2.45) is 0 Å².